The Balaban J connectivity index is 3.17. The van der Waals surface area contributed by atoms with Crippen molar-refractivity contribution in [2.24, 2.45) is 5.84 Å². The van der Waals surface area contributed by atoms with Gasteiger partial charge in [0, 0.05) is 18.1 Å². The Hall–Kier alpha value is -1.20. The quantitative estimate of drug-likeness (QED) is 0.612. The second-order valence-electron chi connectivity index (χ2n) is 5.62. The number of ether oxygens (including phenoxy) is 1. The Labute approximate surface area is 115 Å². The molecular formula is C14H26N4O. The molecular weight excluding hydrogens is 240 g/mol. The van der Waals surface area contributed by atoms with Gasteiger partial charge < -0.3 is 10.2 Å². The third-order valence-corrected chi connectivity index (χ3v) is 2.87. The van der Waals surface area contributed by atoms with Gasteiger partial charge in [0.25, 0.3) is 0 Å². The lowest BCUT2D eigenvalue weighted by Gasteiger charge is -2.22. The van der Waals surface area contributed by atoms with Crippen LogP contribution >= 0.6 is 0 Å². The molecule has 0 aromatic carbocycles. The summed E-state index contributed by atoms with van der Waals surface area (Å²) in [4.78, 5) is 9.09. The van der Waals surface area contributed by atoms with E-state index in [1.54, 1.807) is 0 Å². The van der Waals surface area contributed by atoms with E-state index >= 15 is 0 Å². The van der Waals surface area contributed by atoms with Crippen molar-refractivity contribution in [2.45, 2.75) is 59.0 Å². The monoisotopic (exact) mass is 266 g/mol. The van der Waals surface area contributed by atoms with Gasteiger partial charge in [-0.3, -0.25) is 0 Å². The van der Waals surface area contributed by atoms with Gasteiger partial charge in [-0.05, 0) is 13.3 Å². The molecule has 0 aliphatic heterocycles. The van der Waals surface area contributed by atoms with E-state index in [4.69, 9.17) is 10.6 Å². The highest BCUT2D eigenvalue weighted by molar-refractivity contribution is 5.36. The average Bonchev–Trinajstić information content (AvgIpc) is 2.37. The first-order valence-corrected chi connectivity index (χ1v) is 6.90. The molecule has 0 saturated carbocycles. The molecule has 1 heterocycles. The van der Waals surface area contributed by atoms with Crippen molar-refractivity contribution in [3.8, 4) is 0 Å². The van der Waals surface area contributed by atoms with Crippen LogP contribution in [-0.4, -0.2) is 16.6 Å². The molecule has 0 aliphatic carbocycles. The molecule has 0 fully saturated rings. The van der Waals surface area contributed by atoms with E-state index in [1.807, 2.05) is 13.0 Å². The van der Waals surface area contributed by atoms with E-state index in [-0.39, 0.29) is 11.5 Å². The standard InChI is InChI=1S/C14H26N4O/c1-6-8-10(19-7-2)13-16-11(14(3,4)5)9-12(17-13)18-15/h9-10H,6-8,15H2,1-5H3,(H,16,17,18). The number of hydrogen-bond donors (Lipinski definition) is 2. The highest BCUT2D eigenvalue weighted by Crippen LogP contribution is 2.26. The Kier molecular flexibility index (Phi) is 5.69. The largest absolute Gasteiger partial charge is 0.371 e. The maximum atomic E-state index is 5.74. The second kappa shape index (κ2) is 6.82. The minimum Gasteiger partial charge on any atom is -0.371 e. The van der Waals surface area contributed by atoms with E-state index in [2.05, 4.69) is 43.1 Å². The van der Waals surface area contributed by atoms with Crippen molar-refractivity contribution in [2.75, 3.05) is 12.0 Å². The molecule has 0 saturated heterocycles. The first kappa shape index (κ1) is 15.9. The maximum absolute atomic E-state index is 5.74. The highest BCUT2D eigenvalue weighted by Gasteiger charge is 2.21. The molecule has 19 heavy (non-hydrogen) atoms. The van der Waals surface area contributed by atoms with Crippen LogP contribution in [0.2, 0.25) is 0 Å². The summed E-state index contributed by atoms with van der Waals surface area (Å²) in [6.07, 6.45) is 1.87. The fourth-order valence-corrected chi connectivity index (χ4v) is 1.82. The zero-order valence-corrected chi connectivity index (χ0v) is 12.7. The number of nitrogens with zero attached hydrogens (tertiary/aromatic N) is 2. The van der Waals surface area contributed by atoms with Crippen LogP contribution in [-0.2, 0) is 10.2 Å². The Morgan fingerprint density at radius 1 is 1.32 bits per heavy atom. The van der Waals surface area contributed by atoms with Gasteiger partial charge >= 0.3 is 0 Å². The van der Waals surface area contributed by atoms with Gasteiger partial charge in [0.05, 0.1) is 5.69 Å². The summed E-state index contributed by atoms with van der Waals surface area (Å²) in [5.74, 6) is 6.84. The van der Waals surface area contributed by atoms with Crippen LogP contribution < -0.4 is 11.3 Å². The van der Waals surface area contributed by atoms with Gasteiger partial charge in [0.2, 0.25) is 0 Å². The van der Waals surface area contributed by atoms with Crippen molar-refractivity contribution >= 4 is 5.82 Å². The SMILES string of the molecule is CCCC(OCC)c1nc(NN)cc(C(C)(C)C)n1. The van der Waals surface area contributed by atoms with E-state index < -0.39 is 0 Å². The first-order chi connectivity index (χ1) is 8.92. The zero-order valence-electron chi connectivity index (χ0n) is 12.7. The van der Waals surface area contributed by atoms with Crippen LogP contribution in [0.15, 0.2) is 6.07 Å². The number of nitrogens with one attached hydrogen (secondary N) is 1. The number of aromatic nitrogens is 2. The third-order valence-electron chi connectivity index (χ3n) is 2.87. The molecule has 5 nitrogen and oxygen atoms in total. The predicted molar refractivity (Wildman–Crippen MR) is 77.8 cm³/mol. The van der Waals surface area contributed by atoms with Gasteiger partial charge in [0.1, 0.15) is 11.9 Å². The molecule has 5 heteroatoms. The number of nitrogen functional groups attached to an aromatic ring is 1. The van der Waals surface area contributed by atoms with Crippen LogP contribution in [0.3, 0.4) is 0 Å². The van der Waals surface area contributed by atoms with Crippen LogP contribution in [0, 0.1) is 0 Å². The fourth-order valence-electron chi connectivity index (χ4n) is 1.82. The van der Waals surface area contributed by atoms with Crippen LogP contribution in [0.1, 0.15) is 65.1 Å². The van der Waals surface area contributed by atoms with Gasteiger partial charge in [0.15, 0.2) is 5.82 Å². The average molecular weight is 266 g/mol. The number of rotatable bonds is 6. The molecule has 1 unspecified atom stereocenters. The van der Waals surface area contributed by atoms with E-state index in [9.17, 15) is 0 Å². The summed E-state index contributed by atoms with van der Waals surface area (Å²) in [5, 5.41) is 0. The summed E-state index contributed by atoms with van der Waals surface area (Å²) in [7, 11) is 0. The summed E-state index contributed by atoms with van der Waals surface area (Å²) in [5.41, 5.74) is 3.53. The van der Waals surface area contributed by atoms with Gasteiger partial charge in [-0.15, -0.1) is 0 Å². The first-order valence-electron chi connectivity index (χ1n) is 6.90. The molecule has 108 valence electrons. The number of hydrazine groups is 1. The lowest BCUT2D eigenvalue weighted by atomic mass is 9.92. The number of anilines is 1. The van der Waals surface area contributed by atoms with Crippen molar-refractivity contribution < 1.29 is 4.74 Å². The van der Waals surface area contributed by atoms with E-state index in [0.29, 0.717) is 18.2 Å². The van der Waals surface area contributed by atoms with Crippen LogP contribution in [0.5, 0.6) is 0 Å². The minimum atomic E-state index is -0.0654. The fraction of sp³-hybridized carbons (Fsp3) is 0.714. The maximum Gasteiger partial charge on any atom is 0.159 e. The molecule has 1 atom stereocenters. The van der Waals surface area contributed by atoms with Crippen molar-refractivity contribution in [3.05, 3.63) is 17.6 Å². The molecule has 0 radical (unpaired) electrons. The predicted octanol–water partition coefficient (Wildman–Crippen LogP) is 2.94. The molecule has 0 bridgehead atoms. The Morgan fingerprint density at radius 3 is 2.47 bits per heavy atom. The lowest BCUT2D eigenvalue weighted by molar-refractivity contribution is 0.0492. The number of hydrogen-bond acceptors (Lipinski definition) is 5. The van der Waals surface area contributed by atoms with Crippen molar-refractivity contribution in [1.29, 1.82) is 0 Å². The lowest BCUT2D eigenvalue weighted by Crippen LogP contribution is -2.20. The molecule has 1 rings (SSSR count). The van der Waals surface area contributed by atoms with Gasteiger partial charge in [-0.1, -0.05) is 34.1 Å². The molecule has 0 spiro atoms. The zero-order chi connectivity index (χ0) is 14.5. The summed E-state index contributed by atoms with van der Waals surface area (Å²) < 4.78 is 5.74. The smallest absolute Gasteiger partial charge is 0.159 e. The van der Waals surface area contributed by atoms with Gasteiger partial charge in [-0.2, -0.15) is 0 Å². The molecule has 0 aliphatic rings. The van der Waals surface area contributed by atoms with Crippen molar-refractivity contribution in [1.82, 2.24) is 9.97 Å². The second-order valence-corrected chi connectivity index (χ2v) is 5.62. The third kappa shape index (κ3) is 4.44. The minimum absolute atomic E-state index is 0.0493. The molecule has 0 amide bonds. The normalized spacial score (nSPS) is 13.4. The highest BCUT2D eigenvalue weighted by atomic mass is 16.5. The van der Waals surface area contributed by atoms with Crippen LogP contribution in [0.4, 0.5) is 5.82 Å². The Bertz CT molecular complexity index is 395. The topological polar surface area (TPSA) is 73.1 Å². The van der Waals surface area contributed by atoms with E-state index in [0.717, 1.165) is 18.5 Å². The van der Waals surface area contributed by atoms with Crippen LogP contribution in [0.25, 0.3) is 0 Å². The summed E-state index contributed by atoms with van der Waals surface area (Å²) in [6.45, 7) is 11.1. The summed E-state index contributed by atoms with van der Waals surface area (Å²) in [6, 6.07) is 1.89. The van der Waals surface area contributed by atoms with Gasteiger partial charge in [-0.25, -0.2) is 15.8 Å². The Morgan fingerprint density at radius 2 is 2.00 bits per heavy atom. The number of nitrogens with two attached hydrogens (primary N) is 1. The molecule has 1 aromatic heterocycles. The van der Waals surface area contributed by atoms with E-state index in [1.165, 1.54) is 0 Å². The molecule has 1 aromatic rings. The van der Waals surface area contributed by atoms with Crippen molar-refractivity contribution in [3.63, 3.8) is 0 Å². The molecule has 3 N–H and O–H groups in total. The summed E-state index contributed by atoms with van der Waals surface area (Å²) >= 11 is 0.